The highest BCUT2D eigenvalue weighted by Gasteiger charge is 2.20. The first-order chi connectivity index (χ1) is 12.6. The summed E-state index contributed by atoms with van der Waals surface area (Å²) in [5.41, 5.74) is 3.94. The standard InChI is InChI=1S/C21H22N2O3/c1-4-16-8-10-17(11-9-16)22-21(24)20-19(15(3)26-23-20)13-25-18-7-5-6-14(2)12-18/h5-12H,4,13H2,1-3H3,(H,22,24). The molecule has 0 radical (unpaired) electrons. The van der Waals surface area contributed by atoms with Gasteiger partial charge in [-0.1, -0.05) is 36.3 Å². The number of amides is 1. The summed E-state index contributed by atoms with van der Waals surface area (Å²) < 4.78 is 11.0. The van der Waals surface area contributed by atoms with Crippen molar-refractivity contribution in [2.75, 3.05) is 5.32 Å². The Kier molecular flexibility index (Phi) is 5.37. The fourth-order valence-corrected chi connectivity index (χ4v) is 2.61. The van der Waals surface area contributed by atoms with Crippen LogP contribution in [0.15, 0.2) is 53.1 Å². The van der Waals surface area contributed by atoms with E-state index in [9.17, 15) is 4.79 Å². The molecular formula is C21H22N2O3. The molecule has 1 aromatic heterocycles. The van der Waals surface area contributed by atoms with Crippen LogP contribution in [0.25, 0.3) is 0 Å². The lowest BCUT2D eigenvalue weighted by atomic mass is 10.1. The Balaban J connectivity index is 1.72. The van der Waals surface area contributed by atoms with Crippen LogP contribution < -0.4 is 10.1 Å². The van der Waals surface area contributed by atoms with Crippen molar-refractivity contribution in [1.29, 1.82) is 0 Å². The summed E-state index contributed by atoms with van der Waals surface area (Å²) in [6, 6.07) is 15.5. The van der Waals surface area contributed by atoms with E-state index < -0.39 is 0 Å². The molecule has 0 unspecified atom stereocenters. The Bertz CT molecular complexity index is 898. The van der Waals surface area contributed by atoms with E-state index in [1.807, 2.05) is 55.5 Å². The Hall–Kier alpha value is -3.08. The molecule has 0 fully saturated rings. The third-order valence-corrected chi connectivity index (χ3v) is 4.19. The fraction of sp³-hybridized carbons (Fsp3) is 0.238. The van der Waals surface area contributed by atoms with Crippen LogP contribution in [0.2, 0.25) is 0 Å². The van der Waals surface area contributed by atoms with Gasteiger partial charge in [-0.15, -0.1) is 0 Å². The minimum absolute atomic E-state index is 0.219. The summed E-state index contributed by atoms with van der Waals surface area (Å²) in [6.45, 7) is 6.08. The molecule has 3 aromatic rings. The number of nitrogens with zero attached hydrogens (tertiary/aromatic N) is 1. The summed E-state index contributed by atoms with van der Waals surface area (Å²) in [7, 11) is 0. The molecule has 0 spiro atoms. The number of ether oxygens (including phenoxy) is 1. The third-order valence-electron chi connectivity index (χ3n) is 4.19. The van der Waals surface area contributed by atoms with Crippen molar-refractivity contribution in [2.24, 2.45) is 0 Å². The molecule has 3 rings (SSSR count). The maximum Gasteiger partial charge on any atom is 0.278 e. The highest BCUT2D eigenvalue weighted by Crippen LogP contribution is 2.20. The molecule has 2 aromatic carbocycles. The molecule has 1 amide bonds. The van der Waals surface area contributed by atoms with Crippen LogP contribution >= 0.6 is 0 Å². The number of benzene rings is 2. The van der Waals surface area contributed by atoms with E-state index in [1.165, 1.54) is 5.56 Å². The number of anilines is 1. The van der Waals surface area contributed by atoms with Crippen molar-refractivity contribution in [3.8, 4) is 5.75 Å². The number of carbonyl (C=O) groups excluding carboxylic acids is 1. The van der Waals surface area contributed by atoms with Gasteiger partial charge in [-0.2, -0.15) is 0 Å². The number of aryl methyl sites for hydroxylation is 3. The lowest BCUT2D eigenvalue weighted by Gasteiger charge is -2.08. The minimum Gasteiger partial charge on any atom is -0.489 e. The molecule has 0 atom stereocenters. The second-order valence-electron chi connectivity index (χ2n) is 6.18. The summed E-state index contributed by atoms with van der Waals surface area (Å²) in [5.74, 6) is 1.00. The summed E-state index contributed by atoms with van der Waals surface area (Å²) in [4.78, 5) is 12.6. The van der Waals surface area contributed by atoms with Crippen molar-refractivity contribution in [3.63, 3.8) is 0 Å². The minimum atomic E-state index is -0.311. The number of carbonyl (C=O) groups is 1. The second-order valence-corrected chi connectivity index (χ2v) is 6.18. The highest BCUT2D eigenvalue weighted by molar-refractivity contribution is 6.03. The van der Waals surface area contributed by atoms with Crippen LogP contribution in [0.3, 0.4) is 0 Å². The average Bonchev–Trinajstić information content (AvgIpc) is 3.01. The van der Waals surface area contributed by atoms with Gasteiger partial charge < -0.3 is 14.6 Å². The van der Waals surface area contributed by atoms with Gasteiger partial charge in [0, 0.05) is 5.69 Å². The SMILES string of the molecule is CCc1ccc(NC(=O)c2noc(C)c2COc2cccc(C)c2)cc1. The van der Waals surface area contributed by atoms with Gasteiger partial charge in [-0.05, 0) is 55.7 Å². The van der Waals surface area contributed by atoms with Crippen LogP contribution in [-0.4, -0.2) is 11.1 Å². The molecule has 0 aliphatic heterocycles. The molecule has 134 valence electrons. The zero-order valence-electron chi connectivity index (χ0n) is 15.2. The Morgan fingerprint density at radius 3 is 2.62 bits per heavy atom. The lowest BCUT2D eigenvalue weighted by Crippen LogP contribution is -2.15. The zero-order valence-corrected chi connectivity index (χ0v) is 15.2. The first kappa shape index (κ1) is 17.7. The first-order valence-electron chi connectivity index (χ1n) is 8.61. The summed E-state index contributed by atoms with van der Waals surface area (Å²) >= 11 is 0. The lowest BCUT2D eigenvalue weighted by molar-refractivity contribution is 0.101. The number of hydrogen-bond donors (Lipinski definition) is 1. The van der Waals surface area contributed by atoms with Gasteiger partial charge in [-0.25, -0.2) is 0 Å². The zero-order chi connectivity index (χ0) is 18.5. The van der Waals surface area contributed by atoms with Gasteiger partial charge in [0.1, 0.15) is 18.1 Å². The maximum absolute atomic E-state index is 12.6. The number of aromatic nitrogens is 1. The van der Waals surface area contributed by atoms with E-state index in [-0.39, 0.29) is 18.2 Å². The van der Waals surface area contributed by atoms with Gasteiger partial charge in [0.25, 0.3) is 5.91 Å². The van der Waals surface area contributed by atoms with E-state index in [2.05, 4.69) is 17.4 Å². The Morgan fingerprint density at radius 1 is 1.15 bits per heavy atom. The molecule has 1 heterocycles. The normalized spacial score (nSPS) is 10.6. The van der Waals surface area contributed by atoms with Crippen molar-refractivity contribution < 1.29 is 14.1 Å². The Morgan fingerprint density at radius 2 is 1.92 bits per heavy atom. The monoisotopic (exact) mass is 350 g/mol. The molecule has 0 saturated carbocycles. The smallest absolute Gasteiger partial charge is 0.278 e. The first-order valence-corrected chi connectivity index (χ1v) is 8.61. The molecule has 5 nitrogen and oxygen atoms in total. The quantitative estimate of drug-likeness (QED) is 0.701. The van der Waals surface area contributed by atoms with Crippen molar-refractivity contribution in [2.45, 2.75) is 33.8 Å². The van der Waals surface area contributed by atoms with Crippen LogP contribution in [0.5, 0.6) is 5.75 Å². The number of hydrogen-bond acceptors (Lipinski definition) is 4. The van der Waals surface area contributed by atoms with E-state index in [1.54, 1.807) is 6.92 Å². The molecule has 0 saturated heterocycles. The predicted octanol–water partition coefficient (Wildman–Crippen LogP) is 4.69. The number of rotatable bonds is 6. The van der Waals surface area contributed by atoms with Crippen molar-refractivity contribution in [3.05, 3.63) is 76.7 Å². The fourth-order valence-electron chi connectivity index (χ4n) is 2.61. The molecular weight excluding hydrogens is 328 g/mol. The van der Waals surface area contributed by atoms with E-state index in [0.717, 1.165) is 23.4 Å². The topological polar surface area (TPSA) is 64.4 Å². The Labute approximate surface area is 153 Å². The largest absolute Gasteiger partial charge is 0.489 e. The second kappa shape index (κ2) is 7.87. The number of nitrogens with one attached hydrogen (secondary N) is 1. The molecule has 1 N–H and O–H groups in total. The van der Waals surface area contributed by atoms with Gasteiger partial charge in [0.2, 0.25) is 0 Å². The van der Waals surface area contributed by atoms with Crippen molar-refractivity contribution in [1.82, 2.24) is 5.16 Å². The highest BCUT2D eigenvalue weighted by atomic mass is 16.5. The molecule has 0 aliphatic carbocycles. The molecule has 5 heteroatoms. The third kappa shape index (κ3) is 4.11. The van der Waals surface area contributed by atoms with Crippen LogP contribution in [0, 0.1) is 13.8 Å². The summed E-state index contributed by atoms with van der Waals surface area (Å²) in [6.07, 6.45) is 0.956. The van der Waals surface area contributed by atoms with Crippen LogP contribution in [0.4, 0.5) is 5.69 Å². The average molecular weight is 350 g/mol. The summed E-state index contributed by atoms with van der Waals surface area (Å²) in [5, 5.41) is 6.76. The van der Waals surface area contributed by atoms with E-state index in [0.29, 0.717) is 11.3 Å². The van der Waals surface area contributed by atoms with Gasteiger partial charge in [0.15, 0.2) is 5.69 Å². The predicted molar refractivity (Wildman–Crippen MR) is 101 cm³/mol. The van der Waals surface area contributed by atoms with E-state index in [4.69, 9.17) is 9.26 Å². The molecule has 26 heavy (non-hydrogen) atoms. The van der Waals surface area contributed by atoms with Crippen molar-refractivity contribution >= 4 is 11.6 Å². The van der Waals surface area contributed by atoms with Gasteiger partial charge in [0.05, 0.1) is 5.56 Å². The van der Waals surface area contributed by atoms with E-state index >= 15 is 0 Å². The van der Waals surface area contributed by atoms with Crippen LogP contribution in [-0.2, 0) is 13.0 Å². The van der Waals surface area contributed by atoms with Gasteiger partial charge in [-0.3, -0.25) is 4.79 Å². The molecule has 0 aliphatic rings. The van der Waals surface area contributed by atoms with Crippen LogP contribution in [0.1, 0.15) is 39.9 Å². The maximum atomic E-state index is 12.6. The van der Waals surface area contributed by atoms with Gasteiger partial charge >= 0.3 is 0 Å². The molecule has 0 bridgehead atoms.